The van der Waals surface area contributed by atoms with Crippen LogP contribution in [0.3, 0.4) is 0 Å². The molecule has 70 valence electrons. The first kappa shape index (κ1) is 8.61. The number of ether oxygens (including phenoxy) is 1. The maximum Gasteiger partial charge on any atom is 0.123 e. The van der Waals surface area contributed by atoms with Crippen LogP contribution in [0.1, 0.15) is 37.8 Å². The third kappa shape index (κ3) is 1.55. The van der Waals surface area contributed by atoms with Gasteiger partial charge in [-0.15, -0.1) is 0 Å². The number of fused-ring (bicyclic) bond motifs is 1. The SMILES string of the molecule is CC1Cc2ccc(C(C)C)cc2O1. The molecule has 0 amide bonds. The van der Waals surface area contributed by atoms with Crippen molar-refractivity contribution in [1.82, 2.24) is 0 Å². The molecule has 1 heteroatoms. The molecule has 0 aromatic heterocycles. The van der Waals surface area contributed by atoms with Crippen molar-refractivity contribution in [2.45, 2.75) is 39.2 Å². The van der Waals surface area contributed by atoms with Gasteiger partial charge in [0.15, 0.2) is 0 Å². The van der Waals surface area contributed by atoms with Crippen LogP contribution in [-0.2, 0) is 6.42 Å². The standard InChI is InChI=1S/C12H16O/c1-8(2)10-4-5-11-6-9(3)13-12(11)7-10/h4-5,7-9H,6H2,1-3H3. The first-order valence-corrected chi connectivity index (χ1v) is 4.96. The summed E-state index contributed by atoms with van der Waals surface area (Å²) in [6.45, 7) is 6.54. The van der Waals surface area contributed by atoms with Gasteiger partial charge in [-0.3, -0.25) is 0 Å². The molecule has 0 aliphatic carbocycles. The topological polar surface area (TPSA) is 9.23 Å². The molecular formula is C12H16O. The van der Waals surface area contributed by atoms with E-state index in [1.165, 1.54) is 11.1 Å². The van der Waals surface area contributed by atoms with Gasteiger partial charge in [0.2, 0.25) is 0 Å². The Bertz CT molecular complexity index is 315. The third-order valence-electron chi connectivity index (χ3n) is 2.59. The highest BCUT2D eigenvalue weighted by molar-refractivity contribution is 5.41. The summed E-state index contributed by atoms with van der Waals surface area (Å²) in [7, 11) is 0. The minimum atomic E-state index is 0.359. The Morgan fingerprint density at radius 2 is 2.15 bits per heavy atom. The molecule has 1 aliphatic heterocycles. The summed E-state index contributed by atoms with van der Waals surface area (Å²) >= 11 is 0. The van der Waals surface area contributed by atoms with Crippen LogP contribution in [0.25, 0.3) is 0 Å². The second kappa shape index (κ2) is 3.06. The zero-order chi connectivity index (χ0) is 9.42. The van der Waals surface area contributed by atoms with E-state index in [9.17, 15) is 0 Å². The van der Waals surface area contributed by atoms with Crippen molar-refractivity contribution in [3.63, 3.8) is 0 Å². The molecule has 1 heterocycles. The second-order valence-corrected chi connectivity index (χ2v) is 4.15. The van der Waals surface area contributed by atoms with Crippen LogP contribution < -0.4 is 4.74 Å². The molecule has 0 saturated carbocycles. The first-order chi connectivity index (χ1) is 6.16. The fourth-order valence-electron chi connectivity index (χ4n) is 1.78. The zero-order valence-electron chi connectivity index (χ0n) is 8.50. The molecular weight excluding hydrogens is 160 g/mol. The molecule has 0 radical (unpaired) electrons. The monoisotopic (exact) mass is 176 g/mol. The van der Waals surface area contributed by atoms with Gasteiger partial charge < -0.3 is 4.74 Å². The van der Waals surface area contributed by atoms with Crippen molar-refractivity contribution >= 4 is 0 Å². The largest absolute Gasteiger partial charge is 0.490 e. The molecule has 1 nitrogen and oxygen atoms in total. The predicted octanol–water partition coefficient (Wildman–Crippen LogP) is 3.13. The van der Waals surface area contributed by atoms with E-state index in [0.29, 0.717) is 12.0 Å². The lowest BCUT2D eigenvalue weighted by Gasteiger charge is -2.07. The number of hydrogen-bond acceptors (Lipinski definition) is 1. The number of benzene rings is 1. The van der Waals surface area contributed by atoms with E-state index in [-0.39, 0.29) is 0 Å². The smallest absolute Gasteiger partial charge is 0.123 e. The van der Waals surface area contributed by atoms with Crippen molar-refractivity contribution in [1.29, 1.82) is 0 Å². The van der Waals surface area contributed by atoms with Crippen molar-refractivity contribution in [3.05, 3.63) is 29.3 Å². The molecule has 1 aliphatic rings. The summed E-state index contributed by atoms with van der Waals surface area (Å²) in [5, 5.41) is 0. The van der Waals surface area contributed by atoms with Crippen LogP contribution in [-0.4, -0.2) is 6.10 Å². The maximum absolute atomic E-state index is 5.70. The molecule has 0 saturated heterocycles. The van der Waals surface area contributed by atoms with Gasteiger partial charge in [0, 0.05) is 6.42 Å². The van der Waals surface area contributed by atoms with Gasteiger partial charge in [-0.25, -0.2) is 0 Å². The summed E-state index contributed by atoms with van der Waals surface area (Å²) < 4.78 is 5.70. The Hall–Kier alpha value is -0.980. The van der Waals surface area contributed by atoms with E-state index in [1.54, 1.807) is 0 Å². The Balaban J connectivity index is 2.35. The van der Waals surface area contributed by atoms with E-state index >= 15 is 0 Å². The Morgan fingerprint density at radius 1 is 1.38 bits per heavy atom. The Labute approximate surface area is 79.7 Å². The van der Waals surface area contributed by atoms with E-state index in [4.69, 9.17) is 4.74 Å². The summed E-state index contributed by atoms with van der Waals surface area (Å²) in [6.07, 6.45) is 1.42. The van der Waals surface area contributed by atoms with E-state index in [2.05, 4.69) is 39.0 Å². The lowest BCUT2D eigenvalue weighted by molar-refractivity contribution is 0.254. The third-order valence-corrected chi connectivity index (χ3v) is 2.59. The summed E-state index contributed by atoms with van der Waals surface area (Å²) in [5.74, 6) is 1.68. The number of hydrogen-bond donors (Lipinski definition) is 0. The molecule has 1 unspecified atom stereocenters. The van der Waals surface area contributed by atoms with E-state index in [1.807, 2.05) is 0 Å². The first-order valence-electron chi connectivity index (χ1n) is 4.96. The summed E-state index contributed by atoms with van der Waals surface area (Å²) in [5.41, 5.74) is 2.73. The van der Waals surface area contributed by atoms with Crippen LogP contribution in [0.2, 0.25) is 0 Å². The fraction of sp³-hybridized carbons (Fsp3) is 0.500. The fourth-order valence-corrected chi connectivity index (χ4v) is 1.78. The zero-order valence-corrected chi connectivity index (χ0v) is 8.50. The van der Waals surface area contributed by atoms with Crippen LogP contribution in [0.5, 0.6) is 5.75 Å². The minimum Gasteiger partial charge on any atom is -0.490 e. The summed E-state index contributed by atoms with van der Waals surface area (Å²) in [6, 6.07) is 6.60. The maximum atomic E-state index is 5.70. The average molecular weight is 176 g/mol. The van der Waals surface area contributed by atoms with Crippen molar-refractivity contribution in [2.75, 3.05) is 0 Å². The van der Waals surface area contributed by atoms with Crippen molar-refractivity contribution in [2.24, 2.45) is 0 Å². The molecule has 0 N–H and O–H groups in total. The van der Waals surface area contributed by atoms with Gasteiger partial charge in [-0.1, -0.05) is 26.0 Å². The van der Waals surface area contributed by atoms with Gasteiger partial charge in [-0.05, 0) is 30.0 Å². The highest BCUT2D eigenvalue weighted by atomic mass is 16.5. The normalized spacial score (nSPS) is 20.2. The predicted molar refractivity (Wildman–Crippen MR) is 54.3 cm³/mol. The molecule has 1 aromatic rings. The number of rotatable bonds is 1. The van der Waals surface area contributed by atoms with Crippen LogP contribution in [0.4, 0.5) is 0 Å². The van der Waals surface area contributed by atoms with E-state index < -0.39 is 0 Å². The van der Waals surface area contributed by atoms with Crippen LogP contribution in [0.15, 0.2) is 18.2 Å². The van der Waals surface area contributed by atoms with Gasteiger partial charge in [0.05, 0.1) is 0 Å². The molecule has 0 bridgehead atoms. The van der Waals surface area contributed by atoms with Gasteiger partial charge >= 0.3 is 0 Å². The molecule has 2 rings (SSSR count). The lowest BCUT2D eigenvalue weighted by Crippen LogP contribution is -2.05. The van der Waals surface area contributed by atoms with Crippen LogP contribution >= 0.6 is 0 Å². The molecule has 13 heavy (non-hydrogen) atoms. The minimum absolute atomic E-state index is 0.359. The molecule has 0 spiro atoms. The van der Waals surface area contributed by atoms with Gasteiger partial charge in [-0.2, -0.15) is 0 Å². The summed E-state index contributed by atoms with van der Waals surface area (Å²) in [4.78, 5) is 0. The lowest BCUT2D eigenvalue weighted by atomic mass is 10.0. The second-order valence-electron chi connectivity index (χ2n) is 4.15. The van der Waals surface area contributed by atoms with Crippen molar-refractivity contribution < 1.29 is 4.74 Å². The quantitative estimate of drug-likeness (QED) is 0.638. The highest BCUT2D eigenvalue weighted by Gasteiger charge is 2.19. The van der Waals surface area contributed by atoms with Gasteiger partial charge in [0.1, 0.15) is 11.9 Å². The average Bonchev–Trinajstić information content (AvgIpc) is 2.42. The van der Waals surface area contributed by atoms with Crippen molar-refractivity contribution in [3.8, 4) is 5.75 Å². The highest BCUT2D eigenvalue weighted by Crippen LogP contribution is 2.31. The van der Waals surface area contributed by atoms with E-state index in [0.717, 1.165) is 12.2 Å². The Kier molecular flexibility index (Phi) is 2.03. The Morgan fingerprint density at radius 3 is 2.85 bits per heavy atom. The van der Waals surface area contributed by atoms with Gasteiger partial charge in [0.25, 0.3) is 0 Å². The molecule has 0 fully saturated rings. The molecule has 1 atom stereocenters. The van der Waals surface area contributed by atoms with Crippen LogP contribution in [0, 0.1) is 0 Å². The molecule has 1 aromatic carbocycles.